The van der Waals surface area contributed by atoms with Crippen molar-refractivity contribution in [1.29, 1.82) is 0 Å². The summed E-state index contributed by atoms with van der Waals surface area (Å²) in [5, 5.41) is 0. The average Bonchev–Trinajstić information content (AvgIpc) is 2.53. The molecule has 0 rings (SSSR count). The molecule has 0 unspecified atom stereocenters. The third-order valence-electron chi connectivity index (χ3n) is 4.44. The van der Waals surface area contributed by atoms with Gasteiger partial charge in [0.15, 0.2) is 0 Å². The zero-order valence-corrected chi connectivity index (χ0v) is 17.2. The first-order valence-electron chi connectivity index (χ1n) is 9.97. The Bertz CT molecular complexity index is 305. The van der Waals surface area contributed by atoms with Crippen LogP contribution >= 0.6 is 0 Å². The molecule has 136 valence electrons. The predicted molar refractivity (Wildman–Crippen MR) is 104 cm³/mol. The van der Waals surface area contributed by atoms with E-state index < -0.39 is 8.32 Å². The Morgan fingerprint density at radius 2 is 1.35 bits per heavy atom. The van der Waals surface area contributed by atoms with Gasteiger partial charge in [-0.15, -0.1) is 0 Å². The number of carbonyl (C=O) groups is 1. The highest BCUT2D eigenvalue weighted by Crippen LogP contribution is 2.23. The van der Waals surface area contributed by atoms with Gasteiger partial charge in [-0.2, -0.15) is 0 Å². The predicted octanol–water partition coefficient (Wildman–Crippen LogP) is 7.01. The van der Waals surface area contributed by atoms with E-state index in [4.69, 9.17) is 4.43 Å². The van der Waals surface area contributed by atoms with E-state index in [9.17, 15) is 4.79 Å². The van der Waals surface area contributed by atoms with Crippen LogP contribution in [0, 0.1) is 0 Å². The van der Waals surface area contributed by atoms with Crippen LogP contribution in [0.25, 0.3) is 0 Å². The molecule has 0 spiro atoms. The molecule has 0 bridgehead atoms. The van der Waals surface area contributed by atoms with Crippen LogP contribution in [-0.2, 0) is 9.22 Å². The second kappa shape index (κ2) is 15.0. The monoisotopic (exact) mass is 340 g/mol. The number of hydrogen-bond donors (Lipinski definition) is 0. The highest BCUT2D eigenvalue weighted by atomic mass is 28.4. The van der Waals surface area contributed by atoms with E-state index in [1.165, 1.54) is 64.2 Å². The Morgan fingerprint density at radius 3 is 1.91 bits per heavy atom. The molecule has 0 amide bonds. The Labute approximate surface area is 146 Å². The van der Waals surface area contributed by atoms with Gasteiger partial charge in [-0.05, 0) is 31.5 Å². The van der Waals surface area contributed by atoms with Gasteiger partial charge in [-0.3, -0.25) is 0 Å². The third-order valence-corrected chi connectivity index (χ3v) is 7.96. The molecule has 0 aliphatic carbocycles. The molecule has 23 heavy (non-hydrogen) atoms. The maximum Gasteiger partial charge on any atom is 0.317 e. The van der Waals surface area contributed by atoms with Gasteiger partial charge in [0.2, 0.25) is 0 Å². The Hall–Kier alpha value is -0.573. The molecular weight excluding hydrogens is 300 g/mol. The van der Waals surface area contributed by atoms with Gasteiger partial charge in [0.25, 0.3) is 8.32 Å². The fraction of sp³-hybridized carbons (Fsp3) is 0.850. The molecule has 0 aromatic carbocycles. The van der Waals surface area contributed by atoms with Crippen molar-refractivity contribution in [2.75, 3.05) is 0 Å². The van der Waals surface area contributed by atoms with Crippen molar-refractivity contribution >= 4 is 14.3 Å². The van der Waals surface area contributed by atoms with E-state index in [1.54, 1.807) is 6.08 Å². The number of unbranched alkanes of at least 4 members (excludes halogenated alkanes) is 8. The zero-order chi connectivity index (χ0) is 17.4. The van der Waals surface area contributed by atoms with Crippen molar-refractivity contribution in [2.45, 2.75) is 110 Å². The van der Waals surface area contributed by atoms with Gasteiger partial charge < -0.3 is 4.43 Å². The van der Waals surface area contributed by atoms with Crippen LogP contribution in [0.5, 0.6) is 0 Å². The van der Waals surface area contributed by atoms with Crippen molar-refractivity contribution in [1.82, 2.24) is 0 Å². The van der Waals surface area contributed by atoms with Gasteiger partial charge in [-0.25, -0.2) is 4.79 Å². The zero-order valence-electron chi connectivity index (χ0n) is 16.2. The molecule has 0 saturated heterocycles. The highest BCUT2D eigenvalue weighted by Gasteiger charge is 2.30. The quantitative estimate of drug-likeness (QED) is 0.182. The van der Waals surface area contributed by atoms with Crippen molar-refractivity contribution in [3.8, 4) is 0 Å². The molecule has 0 radical (unpaired) electrons. The Balaban J connectivity index is 4.03. The minimum absolute atomic E-state index is 0.0997. The summed E-state index contributed by atoms with van der Waals surface area (Å²) < 4.78 is 5.91. The van der Waals surface area contributed by atoms with Crippen LogP contribution in [0.1, 0.15) is 91.4 Å². The summed E-state index contributed by atoms with van der Waals surface area (Å²) in [5.74, 6) is -0.0997. The molecule has 0 aromatic heterocycles. The second-order valence-electron chi connectivity index (χ2n) is 7.04. The average molecular weight is 341 g/mol. The van der Waals surface area contributed by atoms with Gasteiger partial charge >= 0.3 is 5.97 Å². The van der Waals surface area contributed by atoms with E-state index in [0.717, 1.165) is 18.5 Å². The Morgan fingerprint density at radius 1 is 0.826 bits per heavy atom. The first-order valence-corrected chi connectivity index (χ1v) is 12.8. The van der Waals surface area contributed by atoms with Crippen LogP contribution < -0.4 is 0 Å². The van der Waals surface area contributed by atoms with Crippen molar-refractivity contribution in [3.05, 3.63) is 12.2 Å². The number of carbonyl (C=O) groups excluding carboxylic acids is 1. The summed E-state index contributed by atoms with van der Waals surface area (Å²) in [4.78, 5) is 12.1. The normalized spacial score (nSPS) is 12.0. The lowest BCUT2D eigenvalue weighted by Crippen LogP contribution is -2.36. The molecule has 0 atom stereocenters. The van der Waals surface area contributed by atoms with Crippen LogP contribution in [0.4, 0.5) is 0 Å². The van der Waals surface area contributed by atoms with E-state index in [0.29, 0.717) is 0 Å². The summed E-state index contributed by atoms with van der Waals surface area (Å²) in [6, 6.07) is 2.22. The number of rotatable bonds is 15. The van der Waals surface area contributed by atoms with Gasteiger partial charge in [0.05, 0.1) is 0 Å². The molecule has 2 nitrogen and oxygen atoms in total. The Kier molecular flexibility index (Phi) is 14.6. The second-order valence-corrected chi connectivity index (χ2v) is 11.1. The van der Waals surface area contributed by atoms with Gasteiger partial charge in [0.1, 0.15) is 0 Å². The lowest BCUT2D eigenvalue weighted by molar-refractivity contribution is -0.129. The topological polar surface area (TPSA) is 26.3 Å². The molecule has 3 heteroatoms. The van der Waals surface area contributed by atoms with Crippen molar-refractivity contribution in [2.24, 2.45) is 0 Å². The fourth-order valence-corrected chi connectivity index (χ4v) is 6.04. The number of hydrogen-bond acceptors (Lipinski definition) is 2. The lowest BCUT2D eigenvalue weighted by Gasteiger charge is -2.26. The molecule has 0 aromatic rings. The number of allylic oxidation sites excluding steroid dienone is 1. The molecule has 0 aliphatic heterocycles. The molecule has 0 aliphatic rings. The summed E-state index contributed by atoms with van der Waals surface area (Å²) in [5.41, 5.74) is 0. The van der Waals surface area contributed by atoms with Crippen molar-refractivity contribution < 1.29 is 9.22 Å². The molecule has 0 heterocycles. The fourth-order valence-electron chi connectivity index (χ4n) is 2.83. The summed E-state index contributed by atoms with van der Waals surface area (Å²) >= 11 is 0. The molecule has 0 N–H and O–H groups in total. The molecule has 0 saturated carbocycles. The van der Waals surface area contributed by atoms with E-state index in [1.807, 2.05) is 6.08 Å². The smallest absolute Gasteiger partial charge is 0.317 e. The standard InChI is InChI=1S/C20H40O2Si/c1-5-8-11-12-13-14-15-16-17-20(21)22-23(4,18-9-6-2)19-10-7-3/h16-17H,5-15,18-19H2,1-4H3. The molecule has 0 fully saturated rings. The van der Waals surface area contributed by atoms with E-state index in [2.05, 4.69) is 27.3 Å². The van der Waals surface area contributed by atoms with Crippen LogP contribution in [0.15, 0.2) is 12.2 Å². The van der Waals surface area contributed by atoms with Crippen LogP contribution in [0.2, 0.25) is 18.6 Å². The summed E-state index contributed by atoms with van der Waals surface area (Å²) in [6.45, 7) is 8.89. The van der Waals surface area contributed by atoms with Gasteiger partial charge in [0, 0.05) is 6.08 Å². The summed E-state index contributed by atoms with van der Waals surface area (Å²) in [7, 11) is -1.85. The first-order chi connectivity index (χ1) is 11.1. The molecular formula is C20H40O2Si. The van der Waals surface area contributed by atoms with Crippen LogP contribution in [-0.4, -0.2) is 14.3 Å². The maximum atomic E-state index is 12.1. The SMILES string of the molecule is CCCCCCCCC=CC(=O)O[Si](C)(CCCC)CCCC. The maximum absolute atomic E-state index is 12.1. The van der Waals surface area contributed by atoms with Crippen LogP contribution in [0.3, 0.4) is 0 Å². The third kappa shape index (κ3) is 13.6. The van der Waals surface area contributed by atoms with Gasteiger partial charge in [-0.1, -0.05) is 84.6 Å². The minimum Gasteiger partial charge on any atom is -0.516 e. The first kappa shape index (κ1) is 22.4. The highest BCUT2D eigenvalue weighted by molar-refractivity contribution is 6.74. The van der Waals surface area contributed by atoms with Crippen molar-refractivity contribution in [3.63, 3.8) is 0 Å². The summed E-state index contributed by atoms with van der Waals surface area (Å²) in [6.07, 6.45) is 17.2. The van der Waals surface area contributed by atoms with E-state index >= 15 is 0 Å². The van der Waals surface area contributed by atoms with E-state index in [-0.39, 0.29) is 5.97 Å². The lowest BCUT2D eigenvalue weighted by atomic mass is 10.1. The minimum atomic E-state index is -1.85. The largest absolute Gasteiger partial charge is 0.516 e.